The second kappa shape index (κ2) is 8.53. The number of nitrogens with one attached hydrogen (secondary N) is 1. The lowest BCUT2D eigenvalue weighted by Crippen LogP contribution is -2.15. The minimum absolute atomic E-state index is 0.338. The summed E-state index contributed by atoms with van der Waals surface area (Å²) in [7, 11) is 0. The molecule has 0 saturated heterocycles. The lowest BCUT2D eigenvalue weighted by atomic mass is 9.88. The maximum Gasteiger partial charge on any atom is 0.269 e. The van der Waals surface area contributed by atoms with Gasteiger partial charge in [-0.2, -0.15) is 5.10 Å². The van der Waals surface area contributed by atoms with Crippen LogP contribution in [0.15, 0.2) is 77.7 Å². The number of aromatic nitrogens is 2. The van der Waals surface area contributed by atoms with Gasteiger partial charge in [0.05, 0.1) is 11.4 Å². The highest BCUT2D eigenvalue weighted by molar-refractivity contribution is 7.97. The highest BCUT2D eigenvalue weighted by Gasteiger charge is 2.28. The zero-order valence-corrected chi connectivity index (χ0v) is 18.2. The van der Waals surface area contributed by atoms with Gasteiger partial charge >= 0.3 is 0 Å². The predicted octanol–water partition coefficient (Wildman–Crippen LogP) is 4.31. The number of carbonyl (C=O) groups excluding carboxylic acids is 1. The van der Waals surface area contributed by atoms with Gasteiger partial charge in [-0.1, -0.05) is 36.4 Å². The lowest BCUT2D eigenvalue weighted by Gasteiger charge is -2.20. The number of nitrogens with two attached hydrogens (primary N) is 2. The molecular weight excluding hydrogens is 418 g/mol. The van der Waals surface area contributed by atoms with Crippen molar-refractivity contribution < 1.29 is 4.79 Å². The number of hydrogen-bond donors (Lipinski definition) is 3. The molecule has 0 saturated carbocycles. The van der Waals surface area contributed by atoms with E-state index in [0.29, 0.717) is 5.69 Å². The van der Waals surface area contributed by atoms with Gasteiger partial charge in [-0.15, -0.1) is 0 Å². The topological polar surface area (TPSA) is 99.0 Å². The summed E-state index contributed by atoms with van der Waals surface area (Å²) in [6.07, 6.45) is 1.57. The van der Waals surface area contributed by atoms with Crippen LogP contribution in [0, 0.1) is 0 Å². The van der Waals surface area contributed by atoms with Gasteiger partial charge < -0.3 is 11.1 Å². The van der Waals surface area contributed by atoms with Crippen LogP contribution in [0.25, 0.3) is 16.9 Å². The Morgan fingerprint density at radius 1 is 1.03 bits per heavy atom. The average molecular weight is 442 g/mol. The van der Waals surface area contributed by atoms with Gasteiger partial charge in [0, 0.05) is 28.3 Å². The normalized spacial score (nSPS) is 12.2. The number of benzene rings is 3. The Hall–Kier alpha value is -3.55. The first-order chi connectivity index (χ1) is 15.6. The van der Waals surface area contributed by atoms with Crippen molar-refractivity contribution in [1.82, 2.24) is 9.78 Å². The predicted molar refractivity (Wildman–Crippen MR) is 129 cm³/mol. The van der Waals surface area contributed by atoms with E-state index in [0.717, 1.165) is 52.5 Å². The van der Waals surface area contributed by atoms with Crippen molar-refractivity contribution in [1.29, 1.82) is 0 Å². The Morgan fingerprint density at radius 3 is 2.53 bits per heavy atom. The number of hydrogen-bond acceptors (Lipinski definition) is 5. The summed E-state index contributed by atoms with van der Waals surface area (Å²) < 4.78 is 1.83. The Labute approximate surface area is 190 Å². The van der Waals surface area contributed by atoms with E-state index in [1.165, 1.54) is 23.1 Å². The van der Waals surface area contributed by atoms with E-state index in [4.69, 9.17) is 10.9 Å². The minimum Gasteiger partial charge on any atom is -0.381 e. The molecule has 4 aromatic rings. The van der Waals surface area contributed by atoms with E-state index >= 15 is 0 Å². The highest BCUT2D eigenvalue weighted by Crippen LogP contribution is 2.38. The number of rotatable bonds is 6. The lowest BCUT2D eigenvalue weighted by molar-refractivity contribution is 0.0994. The maximum absolute atomic E-state index is 12.2. The summed E-state index contributed by atoms with van der Waals surface area (Å²) in [5.74, 6) is -0.504. The van der Waals surface area contributed by atoms with Crippen molar-refractivity contribution in [3.05, 3.63) is 95.2 Å². The molecule has 0 unspecified atom stereocenters. The van der Waals surface area contributed by atoms with Gasteiger partial charge in [-0.3, -0.25) is 9.93 Å². The van der Waals surface area contributed by atoms with Crippen molar-refractivity contribution in [2.45, 2.75) is 24.3 Å². The van der Waals surface area contributed by atoms with Crippen LogP contribution in [0.5, 0.6) is 0 Å². The monoisotopic (exact) mass is 441 g/mol. The van der Waals surface area contributed by atoms with Gasteiger partial charge in [0.1, 0.15) is 0 Å². The van der Waals surface area contributed by atoms with Crippen LogP contribution in [-0.2, 0) is 19.4 Å². The van der Waals surface area contributed by atoms with Crippen LogP contribution in [0.3, 0.4) is 0 Å². The van der Waals surface area contributed by atoms with Gasteiger partial charge in [0.25, 0.3) is 5.91 Å². The second-order valence-electron chi connectivity index (χ2n) is 7.77. The van der Waals surface area contributed by atoms with Crippen molar-refractivity contribution >= 4 is 23.5 Å². The van der Waals surface area contributed by atoms with Gasteiger partial charge in [0.15, 0.2) is 5.69 Å². The SMILES string of the molecule is NSc1ccc(-n2nc(C(N)=O)c3c2-c2cc(NCc4ccccc4)ccc2CC3)cc1. The zero-order valence-electron chi connectivity index (χ0n) is 17.4. The molecule has 0 aliphatic heterocycles. The van der Waals surface area contributed by atoms with E-state index in [1.54, 1.807) is 0 Å². The summed E-state index contributed by atoms with van der Waals surface area (Å²) in [6.45, 7) is 0.733. The van der Waals surface area contributed by atoms with Crippen LogP contribution in [0.2, 0.25) is 0 Å². The van der Waals surface area contributed by atoms with Crippen molar-refractivity contribution in [3.63, 3.8) is 0 Å². The Balaban J connectivity index is 1.58. The fourth-order valence-electron chi connectivity index (χ4n) is 4.20. The highest BCUT2D eigenvalue weighted by atomic mass is 32.2. The maximum atomic E-state index is 12.2. The number of amides is 1. The number of fused-ring (bicyclic) bond motifs is 3. The molecule has 1 heterocycles. The fraction of sp³-hybridized carbons (Fsp3) is 0.120. The molecule has 1 aromatic heterocycles. The molecule has 5 N–H and O–H groups in total. The smallest absolute Gasteiger partial charge is 0.269 e. The molecule has 3 aromatic carbocycles. The molecule has 1 aliphatic carbocycles. The number of primary amides is 1. The van der Waals surface area contributed by atoms with E-state index in [1.807, 2.05) is 47.1 Å². The third-order valence-corrected chi connectivity index (χ3v) is 6.33. The third-order valence-electron chi connectivity index (χ3n) is 5.78. The van der Waals surface area contributed by atoms with E-state index in [-0.39, 0.29) is 0 Å². The molecule has 0 radical (unpaired) electrons. The fourth-order valence-corrected chi connectivity index (χ4v) is 4.49. The van der Waals surface area contributed by atoms with Crippen molar-refractivity contribution in [2.75, 3.05) is 5.32 Å². The van der Waals surface area contributed by atoms with Crippen LogP contribution in [0.1, 0.15) is 27.2 Å². The van der Waals surface area contributed by atoms with Gasteiger partial charge in [-0.25, -0.2) is 4.68 Å². The molecular formula is C25H23N5OS. The Morgan fingerprint density at radius 2 is 1.81 bits per heavy atom. The van der Waals surface area contributed by atoms with E-state index in [9.17, 15) is 4.79 Å². The summed E-state index contributed by atoms with van der Waals surface area (Å²) in [5.41, 5.74) is 13.3. The number of nitrogens with zero attached hydrogens (tertiary/aromatic N) is 2. The van der Waals surface area contributed by atoms with Gasteiger partial charge in [-0.05, 0) is 72.3 Å². The molecule has 32 heavy (non-hydrogen) atoms. The van der Waals surface area contributed by atoms with Crippen LogP contribution >= 0.6 is 11.9 Å². The molecule has 0 spiro atoms. The number of anilines is 1. The molecule has 0 fully saturated rings. The van der Waals surface area contributed by atoms with Gasteiger partial charge in [0.2, 0.25) is 0 Å². The summed E-state index contributed by atoms with van der Waals surface area (Å²) in [4.78, 5) is 13.1. The molecule has 7 heteroatoms. The van der Waals surface area contributed by atoms with Crippen LogP contribution in [0.4, 0.5) is 5.69 Å². The Kier molecular flexibility index (Phi) is 5.43. The largest absolute Gasteiger partial charge is 0.381 e. The van der Waals surface area contributed by atoms with Crippen LogP contribution in [-0.4, -0.2) is 15.7 Å². The minimum atomic E-state index is -0.504. The van der Waals surface area contributed by atoms with Crippen molar-refractivity contribution in [3.8, 4) is 16.9 Å². The molecule has 5 rings (SSSR count). The first-order valence-corrected chi connectivity index (χ1v) is 11.3. The third kappa shape index (κ3) is 3.77. The molecule has 6 nitrogen and oxygen atoms in total. The Bertz CT molecular complexity index is 1280. The second-order valence-corrected chi connectivity index (χ2v) is 8.48. The quantitative estimate of drug-likeness (QED) is 0.387. The number of aryl methyl sites for hydroxylation is 1. The first kappa shape index (κ1) is 20.4. The molecule has 1 amide bonds. The zero-order chi connectivity index (χ0) is 22.1. The molecule has 0 bridgehead atoms. The average Bonchev–Trinajstić information content (AvgIpc) is 3.24. The standard InChI is InChI=1S/C25H23N5OS/c26-25(31)23-21-13-7-17-6-8-18(28-15-16-4-2-1-3-5-16)14-22(17)24(21)30(29-23)19-9-11-20(32-27)12-10-19/h1-6,8-12,14,28H,7,13,15,27H2,(H2,26,31). The summed E-state index contributed by atoms with van der Waals surface area (Å²) in [5, 5.41) is 13.8. The summed E-state index contributed by atoms with van der Waals surface area (Å²) in [6, 6.07) is 24.5. The van der Waals surface area contributed by atoms with Crippen molar-refractivity contribution in [2.24, 2.45) is 10.9 Å². The van der Waals surface area contributed by atoms with E-state index in [2.05, 4.69) is 40.7 Å². The molecule has 0 atom stereocenters. The number of carbonyl (C=O) groups is 1. The van der Waals surface area contributed by atoms with E-state index < -0.39 is 5.91 Å². The summed E-state index contributed by atoms with van der Waals surface area (Å²) >= 11 is 1.19. The molecule has 1 aliphatic rings. The first-order valence-electron chi connectivity index (χ1n) is 10.4. The van der Waals surface area contributed by atoms with Crippen LogP contribution < -0.4 is 16.2 Å². The molecule has 160 valence electrons.